The van der Waals surface area contributed by atoms with Crippen LogP contribution < -0.4 is 0 Å². The molecule has 1 aliphatic carbocycles. The van der Waals surface area contributed by atoms with Crippen LogP contribution in [-0.2, 0) is 9.53 Å². The fourth-order valence-corrected chi connectivity index (χ4v) is 1.49. The van der Waals surface area contributed by atoms with E-state index in [2.05, 4.69) is 6.08 Å². The summed E-state index contributed by atoms with van der Waals surface area (Å²) in [6.07, 6.45) is 8.39. The van der Waals surface area contributed by atoms with Gasteiger partial charge >= 0.3 is 5.97 Å². The SMILES string of the molecule is CC(=O)OCC=C1CCCCC1. The maximum Gasteiger partial charge on any atom is 0.302 e. The summed E-state index contributed by atoms with van der Waals surface area (Å²) in [7, 11) is 0. The monoisotopic (exact) mass is 168 g/mol. The average molecular weight is 168 g/mol. The van der Waals surface area contributed by atoms with E-state index in [1.54, 1.807) is 0 Å². The van der Waals surface area contributed by atoms with E-state index in [4.69, 9.17) is 4.74 Å². The molecule has 0 amide bonds. The molecule has 0 bridgehead atoms. The lowest BCUT2D eigenvalue weighted by Gasteiger charge is -2.12. The topological polar surface area (TPSA) is 26.3 Å². The van der Waals surface area contributed by atoms with Crippen molar-refractivity contribution in [3.8, 4) is 0 Å². The van der Waals surface area contributed by atoms with Crippen LogP contribution in [0.15, 0.2) is 11.6 Å². The second-order valence-electron chi connectivity index (χ2n) is 3.23. The van der Waals surface area contributed by atoms with Crippen molar-refractivity contribution in [2.24, 2.45) is 0 Å². The molecule has 1 fully saturated rings. The Balaban J connectivity index is 2.20. The largest absolute Gasteiger partial charge is 0.462 e. The molecule has 0 atom stereocenters. The third kappa shape index (κ3) is 3.56. The van der Waals surface area contributed by atoms with E-state index in [-0.39, 0.29) is 5.97 Å². The van der Waals surface area contributed by atoms with Crippen molar-refractivity contribution < 1.29 is 9.53 Å². The van der Waals surface area contributed by atoms with Crippen LogP contribution in [0.4, 0.5) is 0 Å². The Morgan fingerprint density at radius 3 is 2.67 bits per heavy atom. The van der Waals surface area contributed by atoms with Gasteiger partial charge < -0.3 is 4.74 Å². The van der Waals surface area contributed by atoms with Gasteiger partial charge in [-0.3, -0.25) is 4.79 Å². The molecular formula is C10H16O2. The predicted molar refractivity (Wildman–Crippen MR) is 47.8 cm³/mol. The highest BCUT2D eigenvalue weighted by molar-refractivity contribution is 5.66. The van der Waals surface area contributed by atoms with Crippen molar-refractivity contribution >= 4 is 5.97 Å². The number of rotatable bonds is 2. The summed E-state index contributed by atoms with van der Waals surface area (Å²) in [5.74, 6) is -0.192. The van der Waals surface area contributed by atoms with Gasteiger partial charge in [0.15, 0.2) is 0 Å². The highest BCUT2D eigenvalue weighted by Gasteiger charge is 2.04. The molecular weight excluding hydrogens is 152 g/mol. The number of hydrogen-bond acceptors (Lipinski definition) is 2. The quantitative estimate of drug-likeness (QED) is 0.467. The van der Waals surface area contributed by atoms with Gasteiger partial charge in [-0.05, 0) is 31.8 Å². The van der Waals surface area contributed by atoms with Crippen LogP contribution >= 0.6 is 0 Å². The van der Waals surface area contributed by atoms with E-state index in [0.717, 1.165) is 0 Å². The third-order valence-corrected chi connectivity index (χ3v) is 2.15. The summed E-state index contributed by atoms with van der Waals surface area (Å²) in [6, 6.07) is 0. The van der Waals surface area contributed by atoms with Gasteiger partial charge in [0.25, 0.3) is 0 Å². The fourth-order valence-electron chi connectivity index (χ4n) is 1.49. The van der Waals surface area contributed by atoms with Gasteiger partial charge in [-0.2, -0.15) is 0 Å². The first kappa shape index (κ1) is 9.30. The maximum absolute atomic E-state index is 10.4. The van der Waals surface area contributed by atoms with E-state index in [0.29, 0.717) is 6.61 Å². The molecule has 1 rings (SSSR count). The number of esters is 1. The van der Waals surface area contributed by atoms with E-state index in [1.807, 2.05) is 0 Å². The van der Waals surface area contributed by atoms with Crippen molar-refractivity contribution in [1.82, 2.24) is 0 Å². The van der Waals surface area contributed by atoms with Gasteiger partial charge in [-0.25, -0.2) is 0 Å². The predicted octanol–water partition coefficient (Wildman–Crippen LogP) is 2.44. The van der Waals surface area contributed by atoms with Crippen molar-refractivity contribution in [3.05, 3.63) is 11.6 Å². The van der Waals surface area contributed by atoms with Crippen LogP contribution in [0.2, 0.25) is 0 Å². The summed E-state index contributed by atoms with van der Waals surface area (Å²) in [5, 5.41) is 0. The Morgan fingerprint density at radius 1 is 1.42 bits per heavy atom. The van der Waals surface area contributed by atoms with Gasteiger partial charge in [0, 0.05) is 6.92 Å². The molecule has 0 aromatic heterocycles. The standard InChI is InChI=1S/C10H16O2/c1-9(11)12-8-7-10-5-3-2-4-6-10/h7H,2-6,8H2,1H3. The van der Waals surface area contributed by atoms with Crippen LogP contribution in [0.5, 0.6) is 0 Å². The second kappa shape index (κ2) is 4.96. The van der Waals surface area contributed by atoms with E-state index in [9.17, 15) is 4.79 Å². The van der Waals surface area contributed by atoms with Gasteiger partial charge in [-0.15, -0.1) is 0 Å². The lowest BCUT2D eigenvalue weighted by atomic mass is 9.95. The normalized spacial score (nSPS) is 17.2. The molecule has 1 aliphatic rings. The van der Waals surface area contributed by atoms with Crippen molar-refractivity contribution in [2.75, 3.05) is 6.61 Å². The van der Waals surface area contributed by atoms with Crippen molar-refractivity contribution in [2.45, 2.75) is 39.0 Å². The van der Waals surface area contributed by atoms with Crippen LogP contribution in [-0.4, -0.2) is 12.6 Å². The summed E-state index contributed by atoms with van der Waals surface area (Å²) >= 11 is 0. The lowest BCUT2D eigenvalue weighted by Crippen LogP contribution is -2.00. The van der Waals surface area contributed by atoms with Crippen LogP contribution in [0.3, 0.4) is 0 Å². The second-order valence-corrected chi connectivity index (χ2v) is 3.23. The summed E-state index contributed by atoms with van der Waals surface area (Å²) in [6.45, 7) is 1.91. The molecule has 0 unspecified atom stereocenters. The van der Waals surface area contributed by atoms with Crippen LogP contribution in [0.25, 0.3) is 0 Å². The van der Waals surface area contributed by atoms with Gasteiger partial charge in [0.1, 0.15) is 6.61 Å². The Labute approximate surface area is 73.6 Å². The molecule has 0 aromatic rings. The molecule has 0 heterocycles. The first-order valence-corrected chi connectivity index (χ1v) is 4.60. The minimum Gasteiger partial charge on any atom is -0.462 e. The van der Waals surface area contributed by atoms with Crippen LogP contribution in [0.1, 0.15) is 39.0 Å². The average Bonchev–Trinajstić information content (AvgIpc) is 2.05. The zero-order chi connectivity index (χ0) is 8.81. The molecule has 0 aromatic carbocycles. The minimum absolute atomic E-state index is 0.192. The summed E-state index contributed by atoms with van der Waals surface area (Å²) in [4.78, 5) is 10.4. The number of allylic oxidation sites excluding steroid dienone is 1. The number of ether oxygens (including phenoxy) is 1. The molecule has 0 saturated heterocycles. The summed E-state index contributed by atoms with van der Waals surface area (Å²) in [5.41, 5.74) is 1.46. The molecule has 0 N–H and O–H groups in total. The lowest BCUT2D eigenvalue weighted by molar-refractivity contribution is -0.139. The van der Waals surface area contributed by atoms with E-state index < -0.39 is 0 Å². The summed E-state index contributed by atoms with van der Waals surface area (Å²) < 4.78 is 4.83. The third-order valence-electron chi connectivity index (χ3n) is 2.15. The van der Waals surface area contributed by atoms with E-state index in [1.165, 1.54) is 44.6 Å². The number of carbonyl (C=O) groups excluding carboxylic acids is 1. The maximum atomic E-state index is 10.4. The van der Waals surface area contributed by atoms with Gasteiger partial charge in [0.2, 0.25) is 0 Å². The first-order chi connectivity index (χ1) is 5.79. The van der Waals surface area contributed by atoms with Crippen molar-refractivity contribution in [3.63, 3.8) is 0 Å². The Bertz CT molecular complexity index is 174. The molecule has 12 heavy (non-hydrogen) atoms. The Morgan fingerprint density at radius 2 is 2.08 bits per heavy atom. The number of carbonyl (C=O) groups is 1. The zero-order valence-electron chi connectivity index (χ0n) is 7.64. The smallest absolute Gasteiger partial charge is 0.302 e. The molecule has 68 valence electrons. The number of hydrogen-bond donors (Lipinski definition) is 0. The minimum atomic E-state index is -0.192. The van der Waals surface area contributed by atoms with E-state index >= 15 is 0 Å². The molecule has 0 spiro atoms. The Kier molecular flexibility index (Phi) is 3.85. The molecule has 0 aliphatic heterocycles. The van der Waals surface area contributed by atoms with Crippen LogP contribution in [0, 0.1) is 0 Å². The van der Waals surface area contributed by atoms with Gasteiger partial charge in [0.05, 0.1) is 0 Å². The zero-order valence-corrected chi connectivity index (χ0v) is 7.64. The van der Waals surface area contributed by atoms with Crippen molar-refractivity contribution in [1.29, 1.82) is 0 Å². The van der Waals surface area contributed by atoms with Gasteiger partial charge in [-0.1, -0.05) is 12.0 Å². The first-order valence-electron chi connectivity index (χ1n) is 4.60. The molecule has 1 saturated carbocycles. The Hall–Kier alpha value is -0.790. The molecule has 2 heteroatoms. The molecule has 0 radical (unpaired) electrons. The fraction of sp³-hybridized carbons (Fsp3) is 0.700. The highest BCUT2D eigenvalue weighted by atomic mass is 16.5. The highest BCUT2D eigenvalue weighted by Crippen LogP contribution is 2.22. The molecule has 2 nitrogen and oxygen atoms in total.